The largest absolute Gasteiger partial charge is 0.465 e. The number of nitrogens with one attached hydrogen (secondary N) is 2. The second-order valence-electron chi connectivity index (χ2n) is 7.66. The first-order chi connectivity index (χ1) is 16.1. The molecule has 0 radical (unpaired) electrons. The van der Waals surface area contributed by atoms with E-state index in [9.17, 15) is 9.59 Å². The van der Waals surface area contributed by atoms with Gasteiger partial charge in [-0.3, -0.25) is 9.59 Å². The SMILES string of the molecule is Cc1ccc(C(=O)N/C(=C\c2ccco2)C(=O)Nc2ccc3c(c2)oc2ccccc23)cc1. The Morgan fingerprint density at radius 2 is 1.64 bits per heavy atom. The molecule has 2 aromatic heterocycles. The molecule has 0 saturated carbocycles. The van der Waals surface area contributed by atoms with Gasteiger partial charge in [0.2, 0.25) is 0 Å². The molecule has 5 rings (SSSR count). The number of furan rings is 2. The zero-order valence-electron chi connectivity index (χ0n) is 17.8. The van der Waals surface area contributed by atoms with Crippen molar-refractivity contribution in [3.8, 4) is 0 Å². The summed E-state index contributed by atoms with van der Waals surface area (Å²) < 4.78 is 11.2. The molecule has 0 aliphatic carbocycles. The van der Waals surface area contributed by atoms with Crippen molar-refractivity contribution >= 4 is 45.5 Å². The van der Waals surface area contributed by atoms with Crippen molar-refractivity contribution in [2.45, 2.75) is 6.92 Å². The number of amides is 2. The Balaban J connectivity index is 1.42. The fourth-order valence-electron chi connectivity index (χ4n) is 3.58. The molecule has 2 amide bonds. The van der Waals surface area contributed by atoms with Crippen LogP contribution in [-0.4, -0.2) is 11.8 Å². The van der Waals surface area contributed by atoms with E-state index in [0.717, 1.165) is 21.9 Å². The molecular weight excluding hydrogens is 416 g/mol. The van der Waals surface area contributed by atoms with Gasteiger partial charge in [-0.25, -0.2) is 0 Å². The van der Waals surface area contributed by atoms with Gasteiger partial charge in [-0.05, 0) is 49.4 Å². The number of carbonyl (C=O) groups is 2. The first-order valence-electron chi connectivity index (χ1n) is 10.4. The lowest BCUT2D eigenvalue weighted by Gasteiger charge is -2.11. The van der Waals surface area contributed by atoms with Crippen LogP contribution in [0.4, 0.5) is 5.69 Å². The second-order valence-corrected chi connectivity index (χ2v) is 7.66. The monoisotopic (exact) mass is 436 g/mol. The van der Waals surface area contributed by atoms with E-state index in [1.165, 1.54) is 12.3 Å². The molecule has 0 aliphatic heterocycles. The van der Waals surface area contributed by atoms with E-state index in [2.05, 4.69) is 10.6 Å². The molecule has 5 aromatic rings. The van der Waals surface area contributed by atoms with Crippen molar-refractivity contribution in [3.05, 3.63) is 108 Å². The van der Waals surface area contributed by atoms with E-state index in [0.29, 0.717) is 22.6 Å². The highest BCUT2D eigenvalue weighted by Gasteiger charge is 2.16. The number of rotatable bonds is 5. The Morgan fingerprint density at radius 3 is 2.42 bits per heavy atom. The van der Waals surface area contributed by atoms with Crippen molar-refractivity contribution in [1.82, 2.24) is 5.32 Å². The number of hydrogen-bond donors (Lipinski definition) is 2. The van der Waals surface area contributed by atoms with Gasteiger partial charge in [0, 0.05) is 34.2 Å². The Morgan fingerprint density at radius 1 is 0.848 bits per heavy atom. The van der Waals surface area contributed by atoms with Crippen molar-refractivity contribution < 1.29 is 18.4 Å². The first kappa shape index (κ1) is 20.3. The molecule has 2 heterocycles. The lowest BCUT2D eigenvalue weighted by atomic mass is 10.1. The molecule has 6 heteroatoms. The van der Waals surface area contributed by atoms with Crippen molar-refractivity contribution in [2.24, 2.45) is 0 Å². The summed E-state index contributed by atoms with van der Waals surface area (Å²) in [6, 6.07) is 23.7. The molecule has 3 aromatic carbocycles. The molecule has 0 bridgehead atoms. The van der Waals surface area contributed by atoms with Crippen molar-refractivity contribution in [1.29, 1.82) is 0 Å². The molecule has 0 fully saturated rings. The summed E-state index contributed by atoms with van der Waals surface area (Å²) in [7, 11) is 0. The lowest BCUT2D eigenvalue weighted by molar-refractivity contribution is -0.113. The third-order valence-electron chi connectivity index (χ3n) is 5.27. The van der Waals surface area contributed by atoms with E-state index in [1.54, 1.807) is 36.4 Å². The summed E-state index contributed by atoms with van der Waals surface area (Å²) >= 11 is 0. The Labute approximate surface area is 189 Å². The van der Waals surface area contributed by atoms with Crippen LogP contribution in [0.5, 0.6) is 0 Å². The van der Waals surface area contributed by atoms with Gasteiger partial charge >= 0.3 is 0 Å². The van der Waals surface area contributed by atoms with E-state index in [-0.39, 0.29) is 5.70 Å². The van der Waals surface area contributed by atoms with Crippen LogP contribution < -0.4 is 10.6 Å². The quantitative estimate of drug-likeness (QED) is 0.336. The van der Waals surface area contributed by atoms with E-state index in [4.69, 9.17) is 8.83 Å². The number of fused-ring (bicyclic) bond motifs is 3. The summed E-state index contributed by atoms with van der Waals surface area (Å²) in [5.41, 5.74) is 3.52. The van der Waals surface area contributed by atoms with Crippen LogP contribution in [0.1, 0.15) is 21.7 Å². The summed E-state index contributed by atoms with van der Waals surface area (Å²) in [4.78, 5) is 25.9. The van der Waals surface area contributed by atoms with Crippen LogP contribution in [0.2, 0.25) is 0 Å². The van der Waals surface area contributed by atoms with Crippen molar-refractivity contribution in [2.75, 3.05) is 5.32 Å². The number of hydrogen-bond acceptors (Lipinski definition) is 4. The lowest BCUT2D eigenvalue weighted by Crippen LogP contribution is -2.30. The maximum Gasteiger partial charge on any atom is 0.272 e. The van der Waals surface area contributed by atoms with Crippen LogP contribution in [0.25, 0.3) is 28.0 Å². The molecular formula is C27H20N2O4. The molecule has 2 N–H and O–H groups in total. The fourth-order valence-corrected chi connectivity index (χ4v) is 3.58. The number of anilines is 1. The summed E-state index contributed by atoms with van der Waals surface area (Å²) in [5, 5.41) is 7.50. The van der Waals surface area contributed by atoms with E-state index < -0.39 is 11.8 Å². The maximum absolute atomic E-state index is 13.1. The van der Waals surface area contributed by atoms with Gasteiger partial charge in [-0.2, -0.15) is 0 Å². The number of carbonyl (C=O) groups excluding carboxylic acids is 2. The van der Waals surface area contributed by atoms with Gasteiger partial charge in [-0.1, -0.05) is 35.9 Å². The summed E-state index contributed by atoms with van der Waals surface area (Å²) in [6.45, 7) is 1.94. The van der Waals surface area contributed by atoms with Gasteiger partial charge < -0.3 is 19.5 Å². The Kier molecular flexibility index (Phi) is 5.24. The smallest absolute Gasteiger partial charge is 0.272 e. The average molecular weight is 436 g/mol. The molecule has 0 saturated heterocycles. The standard InChI is InChI=1S/C27H20N2O4/c1-17-8-10-18(11-9-17)26(30)29-23(16-20-5-4-14-32-20)27(31)28-19-12-13-22-21-6-2-3-7-24(21)33-25(22)15-19/h2-16H,1H3,(H,28,31)(H,29,30)/b23-16-. The third-order valence-corrected chi connectivity index (χ3v) is 5.27. The topological polar surface area (TPSA) is 84.5 Å². The van der Waals surface area contributed by atoms with Gasteiger partial charge in [-0.15, -0.1) is 0 Å². The zero-order valence-corrected chi connectivity index (χ0v) is 17.8. The van der Waals surface area contributed by atoms with Gasteiger partial charge in [0.25, 0.3) is 11.8 Å². The number of para-hydroxylation sites is 1. The highest BCUT2D eigenvalue weighted by molar-refractivity contribution is 6.12. The van der Waals surface area contributed by atoms with Crippen LogP contribution >= 0.6 is 0 Å². The summed E-state index contributed by atoms with van der Waals surface area (Å²) in [5.74, 6) is -0.435. The highest BCUT2D eigenvalue weighted by Crippen LogP contribution is 2.30. The Bertz CT molecular complexity index is 1490. The second kappa shape index (κ2) is 8.51. The van der Waals surface area contributed by atoms with Gasteiger partial charge in [0.05, 0.1) is 6.26 Å². The maximum atomic E-state index is 13.1. The predicted molar refractivity (Wildman–Crippen MR) is 128 cm³/mol. The molecule has 33 heavy (non-hydrogen) atoms. The number of benzene rings is 3. The van der Waals surface area contributed by atoms with Crippen LogP contribution in [0.15, 0.2) is 99.7 Å². The van der Waals surface area contributed by atoms with Gasteiger partial charge in [0.15, 0.2) is 0 Å². The third kappa shape index (κ3) is 4.27. The van der Waals surface area contributed by atoms with E-state index >= 15 is 0 Å². The average Bonchev–Trinajstić information content (AvgIpc) is 3.46. The molecule has 0 atom stereocenters. The minimum atomic E-state index is -0.484. The van der Waals surface area contributed by atoms with E-state index in [1.807, 2.05) is 49.4 Å². The van der Waals surface area contributed by atoms with Gasteiger partial charge in [0.1, 0.15) is 22.6 Å². The molecule has 0 aliphatic rings. The number of aryl methyl sites for hydroxylation is 1. The minimum absolute atomic E-state index is 0.0558. The normalized spacial score (nSPS) is 11.6. The molecule has 6 nitrogen and oxygen atoms in total. The van der Waals surface area contributed by atoms with Crippen LogP contribution in [-0.2, 0) is 4.79 Å². The first-order valence-corrected chi connectivity index (χ1v) is 10.4. The Hall–Kier alpha value is -4.58. The molecule has 162 valence electrons. The summed E-state index contributed by atoms with van der Waals surface area (Å²) in [6.07, 6.45) is 2.99. The zero-order chi connectivity index (χ0) is 22.8. The highest BCUT2D eigenvalue weighted by atomic mass is 16.3. The van der Waals surface area contributed by atoms with Crippen molar-refractivity contribution in [3.63, 3.8) is 0 Å². The molecule has 0 spiro atoms. The van der Waals surface area contributed by atoms with Crippen LogP contribution in [0, 0.1) is 6.92 Å². The minimum Gasteiger partial charge on any atom is -0.465 e. The fraction of sp³-hybridized carbons (Fsp3) is 0.0370. The predicted octanol–water partition coefficient (Wildman–Crippen LogP) is 5.90. The molecule has 0 unspecified atom stereocenters. The van der Waals surface area contributed by atoms with Crippen LogP contribution in [0.3, 0.4) is 0 Å².